The molecule has 1 rings (SSSR count). The van der Waals surface area contributed by atoms with Crippen LogP contribution >= 0.6 is 0 Å². The molecule has 0 saturated heterocycles. The maximum absolute atomic E-state index is 12.1. The van der Waals surface area contributed by atoms with E-state index in [-0.39, 0.29) is 25.0 Å². The minimum absolute atomic E-state index is 0.0401. The smallest absolute Gasteiger partial charge is 0.260 e. The third-order valence-electron chi connectivity index (χ3n) is 2.86. The van der Waals surface area contributed by atoms with Crippen LogP contribution in [0.25, 0.3) is 0 Å². The second-order valence-electron chi connectivity index (χ2n) is 4.30. The molecule has 0 heterocycles. The Hall–Kier alpha value is -2.24. The van der Waals surface area contributed by atoms with Gasteiger partial charge in [0.2, 0.25) is 5.91 Å². The van der Waals surface area contributed by atoms with Gasteiger partial charge in [0.15, 0.2) is 18.1 Å². The van der Waals surface area contributed by atoms with E-state index >= 15 is 0 Å². The van der Waals surface area contributed by atoms with Crippen molar-refractivity contribution in [1.82, 2.24) is 10.2 Å². The molecule has 0 aliphatic carbocycles. The first-order valence-electron chi connectivity index (χ1n) is 6.92. The van der Waals surface area contributed by atoms with Crippen LogP contribution in [0.4, 0.5) is 0 Å². The van der Waals surface area contributed by atoms with Crippen molar-refractivity contribution in [2.24, 2.45) is 0 Å². The highest BCUT2D eigenvalue weighted by Gasteiger charge is 2.16. The number of amides is 2. The molecule has 6 heteroatoms. The Morgan fingerprint density at radius 1 is 1.19 bits per heavy atom. The van der Waals surface area contributed by atoms with Gasteiger partial charge in [-0.1, -0.05) is 12.1 Å². The van der Waals surface area contributed by atoms with Gasteiger partial charge in [-0.25, -0.2) is 0 Å². The molecule has 0 aliphatic heterocycles. The van der Waals surface area contributed by atoms with Crippen molar-refractivity contribution in [2.75, 3.05) is 33.4 Å². The van der Waals surface area contributed by atoms with Crippen LogP contribution in [-0.4, -0.2) is 50.1 Å². The van der Waals surface area contributed by atoms with Crippen LogP contribution in [0.5, 0.6) is 11.5 Å². The van der Waals surface area contributed by atoms with Crippen LogP contribution in [0.15, 0.2) is 24.3 Å². The van der Waals surface area contributed by atoms with E-state index in [1.807, 2.05) is 19.9 Å². The van der Waals surface area contributed by atoms with Crippen LogP contribution in [-0.2, 0) is 9.59 Å². The minimum atomic E-state index is -0.241. The van der Waals surface area contributed by atoms with E-state index in [9.17, 15) is 9.59 Å². The van der Waals surface area contributed by atoms with Crippen molar-refractivity contribution >= 4 is 11.8 Å². The lowest BCUT2D eigenvalue weighted by Crippen LogP contribution is -2.42. The fourth-order valence-electron chi connectivity index (χ4n) is 1.77. The van der Waals surface area contributed by atoms with Crippen LogP contribution in [0.2, 0.25) is 0 Å². The van der Waals surface area contributed by atoms with E-state index in [0.29, 0.717) is 24.6 Å². The van der Waals surface area contributed by atoms with Gasteiger partial charge in [0, 0.05) is 13.1 Å². The van der Waals surface area contributed by atoms with Crippen molar-refractivity contribution < 1.29 is 19.1 Å². The number of carbonyl (C=O) groups is 2. The molecule has 0 radical (unpaired) electrons. The third kappa shape index (κ3) is 5.33. The topological polar surface area (TPSA) is 67.9 Å². The van der Waals surface area contributed by atoms with Gasteiger partial charge in [-0.2, -0.15) is 0 Å². The van der Waals surface area contributed by atoms with Gasteiger partial charge in [0.25, 0.3) is 5.91 Å². The minimum Gasteiger partial charge on any atom is -0.493 e. The van der Waals surface area contributed by atoms with Crippen LogP contribution in [0, 0.1) is 0 Å². The summed E-state index contributed by atoms with van der Waals surface area (Å²) in [5, 5.41) is 2.66. The number of likely N-dealkylation sites (N-methyl/N-ethyl adjacent to an activating group) is 2. The number of nitrogens with zero attached hydrogens (tertiary/aromatic N) is 1. The lowest BCUT2D eigenvalue weighted by molar-refractivity contribution is -0.137. The third-order valence-corrected chi connectivity index (χ3v) is 2.86. The molecule has 21 heavy (non-hydrogen) atoms. The maximum Gasteiger partial charge on any atom is 0.260 e. The Kier molecular flexibility index (Phi) is 7.08. The molecule has 0 unspecified atom stereocenters. The molecule has 2 amide bonds. The lowest BCUT2D eigenvalue weighted by Gasteiger charge is -2.20. The molecule has 1 N–H and O–H groups in total. The number of ether oxygens (including phenoxy) is 2. The molecule has 0 atom stereocenters. The molecule has 1 aromatic rings. The van der Waals surface area contributed by atoms with Crippen molar-refractivity contribution in [3.8, 4) is 11.5 Å². The Balaban J connectivity index is 2.56. The summed E-state index contributed by atoms with van der Waals surface area (Å²) in [4.78, 5) is 25.0. The van der Waals surface area contributed by atoms with Crippen molar-refractivity contribution in [3.63, 3.8) is 0 Å². The number of benzene rings is 1. The number of hydrogen-bond donors (Lipinski definition) is 1. The van der Waals surface area contributed by atoms with Crippen LogP contribution < -0.4 is 14.8 Å². The first-order valence-corrected chi connectivity index (χ1v) is 6.92. The SMILES string of the molecule is CCNC(=O)CN(CC)C(=O)COc1ccccc1OC. The highest BCUT2D eigenvalue weighted by atomic mass is 16.5. The number of para-hydroxylation sites is 2. The molecule has 1 aromatic carbocycles. The lowest BCUT2D eigenvalue weighted by atomic mass is 10.3. The van der Waals surface area contributed by atoms with Gasteiger partial charge in [0.05, 0.1) is 13.7 Å². The zero-order valence-electron chi connectivity index (χ0n) is 12.7. The number of nitrogens with one attached hydrogen (secondary N) is 1. The van der Waals surface area contributed by atoms with Crippen LogP contribution in [0.3, 0.4) is 0 Å². The zero-order chi connectivity index (χ0) is 15.7. The molecule has 0 aliphatic rings. The second-order valence-corrected chi connectivity index (χ2v) is 4.30. The van der Waals surface area contributed by atoms with E-state index in [1.165, 1.54) is 12.0 Å². The fraction of sp³-hybridized carbons (Fsp3) is 0.467. The largest absolute Gasteiger partial charge is 0.493 e. The Morgan fingerprint density at radius 3 is 2.43 bits per heavy atom. The van der Waals surface area contributed by atoms with E-state index in [1.54, 1.807) is 18.2 Å². The zero-order valence-corrected chi connectivity index (χ0v) is 12.7. The number of methoxy groups -OCH3 is 1. The number of rotatable bonds is 8. The summed E-state index contributed by atoms with van der Waals surface area (Å²) in [6, 6.07) is 7.11. The summed E-state index contributed by atoms with van der Waals surface area (Å²) in [7, 11) is 1.54. The molecule has 116 valence electrons. The first-order chi connectivity index (χ1) is 10.1. The Morgan fingerprint density at radius 2 is 1.86 bits per heavy atom. The van der Waals surface area contributed by atoms with Gasteiger partial charge in [0.1, 0.15) is 0 Å². The van der Waals surface area contributed by atoms with Gasteiger partial charge >= 0.3 is 0 Å². The maximum atomic E-state index is 12.1. The molecule has 0 fully saturated rings. The van der Waals surface area contributed by atoms with Gasteiger partial charge in [-0.3, -0.25) is 9.59 Å². The molecule has 0 spiro atoms. The number of carbonyl (C=O) groups excluding carboxylic acids is 2. The van der Waals surface area contributed by atoms with Crippen molar-refractivity contribution in [2.45, 2.75) is 13.8 Å². The molecular formula is C15H22N2O4. The van der Waals surface area contributed by atoms with E-state index in [0.717, 1.165) is 0 Å². The summed E-state index contributed by atoms with van der Waals surface area (Å²) >= 11 is 0. The Bertz CT molecular complexity index is 476. The Labute approximate surface area is 125 Å². The van der Waals surface area contributed by atoms with E-state index in [4.69, 9.17) is 9.47 Å². The predicted octanol–water partition coefficient (Wildman–Crippen LogP) is 1.06. The monoisotopic (exact) mass is 294 g/mol. The molecule has 0 bridgehead atoms. The predicted molar refractivity (Wildman–Crippen MR) is 79.4 cm³/mol. The summed E-state index contributed by atoms with van der Waals surface area (Å²) in [5.41, 5.74) is 0. The van der Waals surface area contributed by atoms with Crippen molar-refractivity contribution in [3.05, 3.63) is 24.3 Å². The fourth-order valence-corrected chi connectivity index (χ4v) is 1.77. The summed E-state index contributed by atoms with van der Waals surface area (Å²) < 4.78 is 10.6. The van der Waals surface area contributed by atoms with Crippen LogP contribution in [0.1, 0.15) is 13.8 Å². The summed E-state index contributed by atoms with van der Waals surface area (Å²) in [5.74, 6) is 0.652. The normalized spacial score (nSPS) is 9.86. The van der Waals surface area contributed by atoms with Gasteiger partial charge in [-0.05, 0) is 26.0 Å². The van der Waals surface area contributed by atoms with E-state index in [2.05, 4.69) is 5.32 Å². The average Bonchev–Trinajstić information content (AvgIpc) is 2.50. The molecule has 0 saturated carbocycles. The standard InChI is InChI=1S/C15H22N2O4/c1-4-16-14(18)10-17(5-2)15(19)11-21-13-9-7-6-8-12(13)20-3/h6-9H,4-5,10-11H2,1-3H3,(H,16,18). The van der Waals surface area contributed by atoms with Gasteiger partial charge in [-0.15, -0.1) is 0 Å². The summed E-state index contributed by atoms with van der Waals surface area (Å²) in [6.07, 6.45) is 0. The van der Waals surface area contributed by atoms with Gasteiger partial charge < -0.3 is 19.7 Å². The quantitative estimate of drug-likeness (QED) is 0.778. The molecule has 0 aromatic heterocycles. The first kappa shape index (κ1) is 16.8. The highest BCUT2D eigenvalue weighted by Crippen LogP contribution is 2.25. The molecular weight excluding hydrogens is 272 g/mol. The average molecular weight is 294 g/mol. The number of hydrogen-bond acceptors (Lipinski definition) is 4. The van der Waals surface area contributed by atoms with E-state index < -0.39 is 0 Å². The van der Waals surface area contributed by atoms with Crippen molar-refractivity contribution in [1.29, 1.82) is 0 Å². The highest BCUT2D eigenvalue weighted by molar-refractivity contribution is 5.85. The second kappa shape index (κ2) is 8.84. The summed E-state index contributed by atoms with van der Waals surface area (Å²) in [6.45, 7) is 4.56. The molecule has 6 nitrogen and oxygen atoms in total.